The van der Waals surface area contributed by atoms with Gasteiger partial charge in [0.1, 0.15) is 0 Å². The van der Waals surface area contributed by atoms with Gasteiger partial charge in [-0.1, -0.05) is 20.3 Å². The van der Waals surface area contributed by atoms with E-state index in [-0.39, 0.29) is 0 Å². The van der Waals surface area contributed by atoms with Gasteiger partial charge in [-0.3, -0.25) is 0 Å². The molecule has 3 aliphatic carbocycles. The Hall–Kier alpha value is -0.0400. The Labute approximate surface area is 75.2 Å². The van der Waals surface area contributed by atoms with E-state index < -0.39 is 0 Å². The van der Waals surface area contributed by atoms with Gasteiger partial charge in [0, 0.05) is 6.61 Å². The van der Waals surface area contributed by atoms with Crippen LogP contribution in [0.25, 0.3) is 0 Å². The van der Waals surface area contributed by atoms with E-state index in [0.717, 1.165) is 5.92 Å². The van der Waals surface area contributed by atoms with Gasteiger partial charge in [0.2, 0.25) is 0 Å². The minimum absolute atomic E-state index is 0.414. The first kappa shape index (κ1) is 8.55. The number of rotatable bonds is 4. The summed E-state index contributed by atoms with van der Waals surface area (Å²) in [5.41, 5.74) is 1.12. The first-order chi connectivity index (χ1) is 5.60. The first-order valence-electron chi connectivity index (χ1n) is 5.21. The lowest BCUT2D eigenvalue weighted by atomic mass is 9.34. The first-order valence-corrected chi connectivity index (χ1v) is 5.21. The maximum Gasteiger partial charge on any atom is 0.0488 e. The van der Waals surface area contributed by atoms with Crippen LogP contribution in [0.2, 0.25) is 0 Å². The summed E-state index contributed by atoms with van der Waals surface area (Å²) in [6.45, 7) is 5.04. The van der Waals surface area contributed by atoms with E-state index in [0.29, 0.717) is 17.4 Å². The van der Waals surface area contributed by atoms with Crippen LogP contribution in [0, 0.1) is 16.7 Å². The zero-order valence-electron chi connectivity index (χ0n) is 8.27. The van der Waals surface area contributed by atoms with Crippen molar-refractivity contribution in [1.82, 2.24) is 0 Å². The molecule has 12 heavy (non-hydrogen) atoms. The molecule has 1 heteroatoms. The van der Waals surface area contributed by atoms with Crippen LogP contribution in [0.5, 0.6) is 0 Å². The van der Waals surface area contributed by atoms with Crippen molar-refractivity contribution in [2.24, 2.45) is 16.7 Å². The molecule has 3 fully saturated rings. The summed E-state index contributed by atoms with van der Waals surface area (Å²) in [6, 6.07) is 0. The topological polar surface area (TPSA) is 20.2 Å². The van der Waals surface area contributed by atoms with Gasteiger partial charge < -0.3 is 5.11 Å². The van der Waals surface area contributed by atoms with E-state index in [9.17, 15) is 0 Å². The molecule has 1 N–H and O–H groups in total. The fraction of sp³-hybridized carbons (Fsp3) is 1.00. The molecular formula is C11H20O. The van der Waals surface area contributed by atoms with Crippen molar-refractivity contribution in [1.29, 1.82) is 0 Å². The Balaban J connectivity index is 1.74. The van der Waals surface area contributed by atoms with Gasteiger partial charge in [0.25, 0.3) is 0 Å². The van der Waals surface area contributed by atoms with Crippen molar-refractivity contribution < 1.29 is 5.11 Å². The predicted molar refractivity (Wildman–Crippen MR) is 49.9 cm³/mol. The van der Waals surface area contributed by atoms with Crippen molar-refractivity contribution >= 4 is 0 Å². The molecule has 0 aromatic carbocycles. The second-order valence-corrected chi connectivity index (χ2v) is 5.62. The number of aliphatic hydroxyl groups excluding tert-OH is 1. The van der Waals surface area contributed by atoms with Gasteiger partial charge in [0.05, 0.1) is 0 Å². The van der Waals surface area contributed by atoms with Crippen molar-refractivity contribution in [3.8, 4) is 0 Å². The van der Waals surface area contributed by atoms with Gasteiger partial charge in [0.15, 0.2) is 0 Å². The smallest absolute Gasteiger partial charge is 0.0488 e. The lowest BCUT2D eigenvalue weighted by Gasteiger charge is -2.71. The zero-order chi connectivity index (χ0) is 8.82. The summed E-state index contributed by atoms with van der Waals surface area (Å²) in [5, 5.41) is 9.08. The molecule has 2 bridgehead atoms. The monoisotopic (exact) mass is 168 g/mol. The van der Waals surface area contributed by atoms with Crippen LogP contribution in [-0.2, 0) is 0 Å². The largest absolute Gasteiger partial charge is 0.396 e. The highest BCUT2D eigenvalue weighted by molar-refractivity contribution is 5.16. The van der Waals surface area contributed by atoms with Crippen molar-refractivity contribution in [3.63, 3.8) is 0 Å². The zero-order valence-corrected chi connectivity index (χ0v) is 8.27. The molecule has 0 saturated heterocycles. The molecule has 1 nitrogen and oxygen atoms in total. The lowest BCUT2D eigenvalue weighted by molar-refractivity contribution is -0.227. The van der Waals surface area contributed by atoms with Crippen molar-refractivity contribution in [2.75, 3.05) is 6.61 Å². The van der Waals surface area contributed by atoms with Crippen molar-refractivity contribution in [3.05, 3.63) is 0 Å². The second kappa shape index (κ2) is 2.47. The average molecular weight is 168 g/mol. The van der Waals surface area contributed by atoms with Gasteiger partial charge in [-0.2, -0.15) is 0 Å². The summed E-state index contributed by atoms with van der Waals surface area (Å²) >= 11 is 0. The Morgan fingerprint density at radius 1 is 1.17 bits per heavy atom. The molecule has 0 aliphatic heterocycles. The molecule has 3 rings (SSSR count). The third-order valence-corrected chi connectivity index (χ3v) is 3.84. The summed E-state index contributed by atoms with van der Waals surface area (Å²) in [4.78, 5) is 0. The minimum Gasteiger partial charge on any atom is -0.396 e. The number of hydrogen-bond donors (Lipinski definition) is 1. The Bertz CT molecular complexity index is 164. The van der Waals surface area contributed by atoms with Crippen LogP contribution < -0.4 is 0 Å². The molecule has 0 spiro atoms. The standard InChI is InChI=1S/C11H20O/c1-9(2)3-4-10-5-11(6-10,7-10)8-12/h9,12H,3-8H2,1-2H3. The maximum atomic E-state index is 9.08. The summed E-state index contributed by atoms with van der Waals surface area (Å²) in [6.07, 6.45) is 6.75. The van der Waals surface area contributed by atoms with E-state index in [2.05, 4.69) is 13.8 Å². The fourth-order valence-electron chi connectivity index (χ4n) is 3.26. The van der Waals surface area contributed by atoms with Crippen LogP contribution >= 0.6 is 0 Å². The normalized spacial score (nSPS) is 44.0. The molecule has 70 valence electrons. The average Bonchev–Trinajstić information content (AvgIpc) is 1.82. The van der Waals surface area contributed by atoms with Crippen LogP contribution in [-0.4, -0.2) is 11.7 Å². The van der Waals surface area contributed by atoms with E-state index >= 15 is 0 Å². The van der Waals surface area contributed by atoms with Crippen LogP contribution in [0.1, 0.15) is 46.0 Å². The molecule has 0 atom stereocenters. The molecule has 0 aromatic rings. The molecule has 0 heterocycles. The Morgan fingerprint density at radius 2 is 1.75 bits per heavy atom. The third kappa shape index (κ3) is 1.10. The summed E-state index contributed by atoms with van der Waals surface area (Å²) in [7, 11) is 0. The molecule has 0 radical (unpaired) electrons. The predicted octanol–water partition coefficient (Wildman–Crippen LogP) is 2.59. The summed E-state index contributed by atoms with van der Waals surface area (Å²) in [5.74, 6) is 0.851. The highest BCUT2D eigenvalue weighted by Gasteiger charge is 2.66. The quantitative estimate of drug-likeness (QED) is 0.684. The minimum atomic E-state index is 0.414. The molecule has 3 saturated carbocycles. The van der Waals surface area contributed by atoms with Gasteiger partial charge >= 0.3 is 0 Å². The van der Waals surface area contributed by atoms with Gasteiger partial charge in [-0.15, -0.1) is 0 Å². The molecule has 0 unspecified atom stereocenters. The number of aliphatic hydroxyl groups is 1. The highest BCUT2D eigenvalue weighted by Crippen LogP contribution is 2.74. The number of hydrogen-bond acceptors (Lipinski definition) is 1. The van der Waals surface area contributed by atoms with Crippen molar-refractivity contribution in [2.45, 2.75) is 46.0 Å². The Kier molecular flexibility index (Phi) is 1.76. The lowest BCUT2D eigenvalue weighted by Crippen LogP contribution is -2.63. The maximum absolute atomic E-state index is 9.08. The van der Waals surface area contributed by atoms with E-state index in [1.54, 1.807) is 0 Å². The second-order valence-electron chi connectivity index (χ2n) is 5.62. The third-order valence-electron chi connectivity index (χ3n) is 3.84. The van der Waals surface area contributed by atoms with Gasteiger partial charge in [-0.05, 0) is 42.4 Å². The van der Waals surface area contributed by atoms with E-state index in [1.165, 1.54) is 32.1 Å². The molecular weight excluding hydrogens is 148 g/mol. The SMILES string of the molecule is CC(C)CCC12CC(CO)(C1)C2. The van der Waals surface area contributed by atoms with E-state index in [4.69, 9.17) is 5.11 Å². The molecule has 0 aromatic heterocycles. The summed E-state index contributed by atoms with van der Waals surface area (Å²) < 4.78 is 0. The van der Waals surface area contributed by atoms with Crippen LogP contribution in [0.4, 0.5) is 0 Å². The van der Waals surface area contributed by atoms with Crippen LogP contribution in [0.3, 0.4) is 0 Å². The highest BCUT2D eigenvalue weighted by atomic mass is 16.3. The fourth-order valence-corrected chi connectivity index (χ4v) is 3.26. The molecule has 3 aliphatic rings. The van der Waals surface area contributed by atoms with Crippen LogP contribution in [0.15, 0.2) is 0 Å². The van der Waals surface area contributed by atoms with E-state index in [1.807, 2.05) is 0 Å². The Morgan fingerprint density at radius 3 is 2.17 bits per heavy atom. The molecule has 0 amide bonds. The van der Waals surface area contributed by atoms with Gasteiger partial charge in [-0.25, -0.2) is 0 Å².